The molecule has 1 N–H and O–H groups in total. The van der Waals surface area contributed by atoms with Crippen LogP contribution in [0.4, 0.5) is 0 Å². The van der Waals surface area contributed by atoms with Crippen molar-refractivity contribution < 1.29 is 13.2 Å². The van der Waals surface area contributed by atoms with Gasteiger partial charge >= 0.3 is 0 Å². The van der Waals surface area contributed by atoms with Gasteiger partial charge in [0, 0.05) is 23.5 Å². The predicted octanol–water partition coefficient (Wildman–Crippen LogP) is 3.33. The number of hydrogen-bond acceptors (Lipinski definition) is 4. The summed E-state index contributed by atoms with van der Waals surface area (Å²) in [5, 5.41) is 2.86. The number of carbonyl (C=O) groups excluding carboxylic acids is 1. The molecular formula is C18H24N2O3S2. The van der Waals surface area contributed by atoms with Gasteiger partial charge in [0.1, 0.15) is 4.21 Å². The zero-order valence-electron chi connectivity index (χ0n) is 15.0. The van der Waals surface area contributed by atoms with Crippen LogP contribution in [0.25, 0.3) is 0 Å². The highest BCUT2D eigenvalue weighted by Crippen LogP contribution is 2.25. The van der Waals surface area contributed by atoms with Gasteiger partial charge in [-0.1, -0.05) is 31.5 Å². The van der Waals surface area contributed by atoms with Crippen LogP contribution in [0.3, 0.4) is 0 Å². The van der Waals surface area contributed by atoms with Gasteiger partial charge in [0.15, 0.2) is 0 Å². The minimum absolute atomic E-state index is 0.154. The third-order valence-electron chi connectivity index (χ3n) is 3.99. The Labute approximate surface area is 153 Å². The Hall–Kier alpha value is -1.70. The molecule has 2 aromatic rings. The Balaban J connectivity index is 2.08. The topological polar surface area (TPSA) is 66.5 Å². The van der Waals surface area contributed by atoms with Crippen molar-refractivity contribution in [1.82, 2.24) is 9.62 Å². The van der Waals surface area contributed by atoms with Gasteiger partial charge in [-0.05, 0) is 37.6 Å². The van der Waals surface area contributed by atoms with Crippen molar-refractivity contribution in [3.05, 3.63) is 51.9 Å². The zero-order valence-corrected chi connectivity index (χ0v) is 16.6. The van der Waals surface area contributed by atoms with E-state index >= 15 is 0 Å². The van der Waals surface area contributed by atoms with E-state index in [2.05, 4.69) is 5.32 Å². The number of amides is 1. The van der Waals surface area contributed by atoms with Gasteiger partial charge in [-0.2, -0.15) is 4.31 Å². The molecule has 0 fully saturated rings. The first-order valence-electron chi connectivity index (χ1n) is 8.23. The first kappa shape index (κ1) is 19.6. The Bertz CT molecular complexity index is 853. The van der Waals surface area contributed by atoms with Crippen LogP contribution in [0.1, 0.15) is 40.2 Å². The standard InChI is InChI=1S/C18H24N2O3S2/c1-5-20(6-2)25(22,23)17-10-8-15(24-17)12-19-18(21)16-9-7-13(3)11-14(16)4/h7-11H,5-6,12H2,1-4H3,(H,19,21). The van der Waals surface area contributed by atoms with Crippen LogP contribution in [0.5, 0.6) is 0 Å². The van der Waals surface area contributed by atoms with E-state index in [1.807, 2.05) is 45.9 Å². The molecule has 0 saturated carbocycles. The summed E-state index contributed by atoms with van der Waals surface area (Å²) in [5.74, 6) is -0.154. The average Bonchev–Trinajstić information content (AvgIpc) is 3.03. The summed E-state index contributed by atoms with van der Waals surface area (Å²) in [6, 6.07) is 9.04. The van der Waals surface area contributed by atoms with Crippen LogP contribution in [0, 0.1) is 13.8 Å². The number of hydrogen-bond donors (Lipinski definition) is 1. The number of rotatable bonds is 7. The maximum atomic E-state index is 12.5. The lowest BCUT2D eigenvalue weighted by Crippen LogP contribution is -2.30. The van der Waals surface area contributed by atoms with Gasteiger partial charge in [0.2, 0.25) is 0 Å². The van der Waals surface area contributed by atoms with Gasteiger partial charge < -0.3 is 5.32 Å². The number of aryl methyl sites for hydroxylation is 2. The van der Waals surface area contributed by atoms with Gasteiger partial charge in [-0.25, -0.2) is 8.42 Å². The normalized spacial score (nSPS) is 11.7. The second-order valence-corrected chi connectivity index (χ2v) is 9.14. The number of nitrogens with zero attached hydrogens (tertiary/aromatic N) is 1. The second kappa shape index (κ2) is 8.12. The summed E-state index contributed by atoms with van der Waals surface area (Å²) in [4.78, 5) is 13.1. The molecular weight excluding hydrogens is 356 g/mol. The fourth-order valence-electron chi connectivity index (χ4n) is 2.61. The van der Waals surface area contributed by atoms with Gasteiger partial charge in [-0.3, -0.25) is 4.79 Å². The molecule has 1 heterocycles. The van der Waals surface area contributed by atoms with Crippen LogP contribution in [0.2, 0.25) is 0 Å². The Morgan fingerprint density at radius 3 is 2.40 bits per heavy atom. The van der Waals surface area contributed by atoms with Crippen LogP contribution in [-0.2, 0) is 16.6 Å². The van der Waals surface area contributed by atoms with Crippen LogP contribution in [0.15, 0.2) is 34.5 Å². The highest BCUT2D eigenvalue weighted by Gasteiger charge is 2.23. The van der Waals surface area contributed by atoms with Crippen molar-refractivity contribution in [3.8, 4) is 0 Å². The molecule has 2 rings (SSSR count). The molecule has 0 aliphatic heterocycles. The second-order valence-electron chi connectivity index (χ2n) is 5.81. The van der Waals surface area contributed by atoms with E-state index in [-0.39, 0.29) is 5.91 Å². The molecule has 0 radical (unpaired) electrons. The summed E-state index contributed by atoms with van der Waals surface area (Å²) < 4.78 is 26.7. The summed E-state index contributed by atoms with van der Waals surface area (Å²) >= 11 is 1.20. The smallest absolute Gasteiger partial charge is 0.252 e. The SMILES string of the molecule is CCN(CC)S(=O)(=O)c1ccc(CNC(=O)c2ccc(C)cc2C)s1. The lowest BCUT2D eigenvalue weighted by Gasteiger charge is -2.16. The summed E-state index contributed by atoms with van der Waals surface area (Å²) in [6.07, 6.45) is 0. The molecule has 0 bridgehead atoms. The van der Waals surface area contributed by atoms with Gasteiger partial charge in [0.25, 0.3) is 15.9 Å². The predicted molar refractivity (Wildman–Crippen MR) is 102 cm³/mol. The lowest BCUT2D eigenvalue weighted by molar-refractivity contribution is 0.0950. The molecule has 7 heteroatoms. The van der Waals surface area contributed by atoms with E-state index < -0.39 is 10.0 Å². The maximum Gasteiger partial charge on any atom is 0.252 e. The molecule has 25 heavy (non-hydrogen) atoms. The average molecular weight is 381 g/mol. The van der Waals surface area contributed by atoms with E-state index in [9.17, 15) is 13.2 Å². The highest BCUT2D eigenvalue weighted by atomic mass is 32.2. The lowest BCUT2D eigenvalue weighted by atomic mass is 10.1. The van der Waals surface area contributed by atoms with E-state index in [1.54, 1.807) is 12.1 Å². The van der Waals surface area contributed by atoms with Crippen molar-refractivity contribution in [3.63, 3.8) is 0 Å². The van der Waals surface area contributed by atoms with Gasteiger partial charge in [-0.15, -0.1) is 11.3 Å². The fourth-order valence-corrected chi connectivity index (χ4v) is 5.52. The molecule has 0 spiro atoms. The molecule has 136 valence electrons. The molecule has 5 nitrogen and oxygen atoms in total. The molecule has 0 saturated heterocycles. The van der Waals surface area contributed by atoms with Gasteiger partial charge in [0.05, 0.1) is 6.54 Å². The van der Waals surface area contributed by atoms with E-state index in [0.29, 0.717) is 29.4 Å². The van der Waals surface area contributed by atoms with Crippen molar-refractivity contribution in [2.75, 3.05) is 13.1 Å². The van der Waals surface area contributed by atoms with Crippen molar-refractivity contribution in [2.45, 2.75) is 38.4 Å². The van der Waals surface area contributed by atoms with Crippen LogP contribution < -0.4 is 5.32 Å². The third kappa shape index (κ3) is 4.48. The minimum atomic E-state index is -3.44. The molecule has 0 aliphatic carbocycles. The molecule has 0 unspecified atom stereocenters. The number of benzene rings is 1. The Kier molecular flexibility index (Phi) is 6.37. The molecule has 0 atom stereocenters. The molecule has 1 amide bonds. The maximum absolute atomic E-state index is 12.5. The van der Waals surface area contributed by atoms with Crippen molar-refractivity contribution in [2.24, 2.45) is 0 Å². The molecule has 1 aromatic carbocycles. The number of thiophene rings is 1. The highest BCUT2D eigenvalue weighted by molar-refractivity contribution is 7.91. The van der Waals surface area contributed by atoms with Crippen molar-refractivity contribution >= 4 is 27.3 Å². The zero-order chi connectivity index (χ0) is 18.6. The largest absolute Gasteiger partial charge is 0.347 e. The first-order valence-corrected chi connectivity index (χ1v) is 10.5. The number of nitrogens with one attached hydrogen (secondary N) is 1. The molecule has 0 aliphatic rings. The summed E-state index contributed by atoms with van der Waals surface area (Å²) in [5.41, 5.74) is 2.67. The third-order valence-corrected chi connectivity index (χ3v) is 7.59. The summed E-state index contributed by atoms with van der Waals surface area (Å²) in [7, 11) is -3.44. The van der Waals surface area contributed by atoms with E-state index in [0.717, 1.165) is 16.0 Å². The number of carbonyl (C=O) groups is 1. The Morgan fingerprint density at radius 2 is 1.80 bits per heavy atom. The van der Waals surface area contributed by atoms with Crippen LogP contribution in [-0.4, -0.2) is 31.7 Å². The van der Waals surface area contributed by atoms with Crippen LogP contribution >= 0.6 is 11.3 Å². The fraction of sp³-hybridized carbons (Fsp3) is 0.389. The molecule has 1 aromatic heterocycles. The van der Waals surface area contributed by atoms with Crippen molar-refractivity contribution in [1.29, 1.82) is 0 Å². The Morgan fingerprint density at radius 1 is 1.12 bits per heavy atom. The monoisotopic (exact) mass is 380 g/mol. The summed E-state index contributed by atoms with van der Waals surface area (Å²) in [6.45, 7) is 8.72. The quantitative estimate of drug-likeness (QED) is 0.801. The minimum Gasteiger partial charge on any atom is -0.347 e. The van der Waals surface area contributed by atoms with E-state index in [1.165, 1.54) is 15.6 Å². The number of sulfonamides is 1. The van der Waals surface area contributed by atoms with E-state index in [4.69, 9.17) is 0 Å². The first-order chi connectivity index (χ1) is 11.8.